The third-order valence-electron chi connectivity index (χ3n) is 23.3. The number of nitrogens with one attached hydrogen (secondary N) is 5. The second-order valence-corrected chi connectivity index (χ2v) is 30.4. The van der Waals surface area contributed by atoms with Gasteiger partial charge in [0.25, 0.3) is 17.7 Å². The minimum atomic E-state index is -0.0531. The molecular weight excluding hydrogens is 1480 g/mol. The molecule has 0 saturated carbocycles. The van der Waals surface area contributed by atoms with Crippen molar-refractivity contribution in [2.75, 3.05) is 0 Å². The van der Waals surface area contributed by atoms with Gasteiger partial charge in [-0.15, -0.1) is 20.4 Å². The molecule has 18 nitrogen and oxygen atoms in total. The Bertz CT molecular complexity index is 6230. The number of aromatic nitrogens is 11. The highest BCUT2D eigenvalue weighted by Crippen LogP contribution is 2.37. The number of para-hydroxylation sites is 1. The van der Waals surface area contributed by atoms with Crippen molar-refractivity contribution in [3.05, 3.63) is 386 Å². The maximum absolute atomic E-state index is 13.2. The number of benzene rings is 12. The molecule has 120 heavy (non-hydrogen) atoms. The van der Waals surface area contributed by atoms with Crippen LogP contribution in [0.5, 0.6) is 0 Å². The van der Waals surface area contributed by atoms with Gasteiger partial charge in [-0.3, -0.25) is 14.4 Å². The van der Waals surface area contributed by atoms with Gasteiger partial charge >= 0.3 is 0 Å². The van der Waals surface area contributed by atoms with Crippen LogP contribution in [-0.4, -0.2) is 72.7 Å². The van der Waals surface area contributed by atoms with Gasteiger partial charge in [-0.2, -0.15) is 10.4 Å². The van der Waals surface area contributed by atoms with E-state index in [0.717, 1.165) is 133 Å². The van der Waals surface area contributed by atoms with E-state index in [1.807, 2.05) is 152 Å². The van der Waals surface area contributed by atoms with Crippen LogP contribution in [0, 0.1) is 48.1 Å². The first kappa shape index (κ1) is 80.5. The van der Waals surface area contributed by atoms with Crippen LogP contribution in [0.2, 0.25) is 0 Å². The molecule has 0 aliphatic heterocycles. The van der Waals surface area contributed by atoms with Crippen molar-refractivity contribution in [1.29, 1.82) is 0 Å². The Morgan fingerprint density at radius 2 is 0.633 bits per heavy atom. The van der Waals surface area contributed by atoms with E-state index in [-0.39, 0.29) is 35.8 Å². The number of carbonyl (C=O) groups excluding carboxylic acids is 3. The lowest BCUT2D eigenvalue weighted by molar-refractivity contribution is 0.0927. The zero-order valence-electron chi connectivity index (χ0n) is 68.9. The average Bonchev–Trinajstić information content (AvgIpc) is 1.65. The molecule has 0 saturated heterocycles. The first-order valence-electron chi connectivity index (χ1n) is 40.8. The molecule has 5 aromatic heterocycles. The summed E-state index contributed by atoms with van der Waals surface area (Å²) in [5.41, 5.74) is 28.3. The Balaban J connectivity index is 0.000000140. The van der Waals surface area contributed by atoms with Gasteiger partial charge in [0.2, 0.25) is 11.6 Å². The maximum atomic E-state index is 13.2. The summed E-state index contributed by atoms with van der Waals surface area (Å²) in [6.45, 7) is 28.7. The molecule has 0 bridgehead atoms. The fraction of sp³-hybridized carbons (Fsp3) is 0.176. The van der Waals surface area contributed by atoms with Crippen molar-refractivity contribution < 1.29 is 14.4 Å². The molecule has 0 spiro atoms. The van der Waals surface area contributed by atoms with Gasteiger partial charge in [0.15, 0.2) is 5.69 Å². The highest BCUT2D eigenvalue weighted by atomic mass is 16.2. The van der Waals surface area contributed by atoms with E-state index in [2.05, 4.69) is 278 Å². The van der Waals surface area contributed by atoms with Crippen LogP contribution in [0.1, 0.15) is 156 Å². The molecule has 5 N–H and O–H groups in total. The Kier molecular flexibility index (Phi) is 24.6. The standard InChI is InChI=1S/2C34H32N6O.C34H31N3O/c2*1-4-31(26-10-6-5-7-11-26)35-34(41)27-18-19-32-30(20-27)22(2)23(3)40(32)21-24-14-16-25(17-15-24)28-12-8-9-13-29(28)33-36-38-39-37-33;1-5-31(27-11-7-6-8-12-27)36-34(38)28-19-20-33-30(21-28)23(2)24(3)37(33)22-25-15-17-26(18-16-25)29-13-9-10-14-32(29)35-4/h2*5-20,31H,4,21H2,1-3H3,(H,35,41)(H,36,37,38,39);6-21,31H,5,22H2,1-3H3,(H,36,38). The lowest BCUT2D eigenvalue weighted by atomic mass is 9.98. The number of carbonyl (C=O) groups is 3. The number of amides is 3. The molecule has 18 heteroatoms. The molecule has 596 valence electrons. The van der Waals surface area contributed by atoms with Crippen molar-refractivity contribution in [2.24, 2.45) is 0 Å². The molecule has 17 aromatic rings. The summed E-state index contributed by atoms with van der Waals surface area (Å²) in [5, 5.41) is 42.1. The van der Waals surface area contributed by atoms with Crippen LogP contribution in [0.3, 0.4) is 0 Å². The van der Waals surface area contributed by atoms with E-state index in [1.165, 1.54) is 50.5 Å². The van der Waals surface area contributed by atoms with E-state index in [4.69, 9.17) is 6.57 Å². The van der Waals surface area contributed by atoms with Crippen LogP contribution in [0.25, 0.3) is 93.7 Å². The lowest BCUT2D eigenvalue weighted by Gasteiger charge is -2.17. The van der Waals surface area contributed by atoms with Crippen molar-refractivity contribution in [3.63, 3.8) is 0 Å². The first-order chi connectivity index (χ1) is 58.6. The quantitative estimate of drug-likeness (QED) is 0.0385. The number of hydrogen-bond acceptors (Lipinski definition) is 9. The van der Waals surface area contributed by atoms with Gasteiger partial charge in [-0.1, -0.05) is 257 Å². The highest BCUT2D eigenvalue weighted by Gasteiger charge is 2.24. The molecule has 3 amide bonds. The average molecular weight is 1580 g/mol. The Morgan fingerprint density at radius 3 is 0.925 bits per heavy atom. The minimum absolute atomic E-state index is 0.0171. The SMILES string of the molecule is CCC(NC(=O)c1ccc2c(c1)c(C)c(C)n2Cc1ccc(-c2ccccc2-c2nn[nH]n2)cc1)c1ccccc1.CCC(NC(=O)c1ccc2c(c1)c(C)c(C)n2Cc1ccc(-c2ccccc2-c2nn[nH]n2)cc1)c1ccccc1.[C-]#[N+]c1ccccc1-c1ccc(Cn2c(C)c(C)c3cc(C(=O)NC(CC)c4ccccc4)ccc32)cc1. The Labute approximate surface area is 699 Å². The summed E-state index contributed by atoms with van der Waals surface area (Å²) in [4.78, 5) is 43.3. The molecule has 3 unspecified atom stereocenters. The fourth-order valence-corrected chi connectivity index (χ4v) is 16.2. The molecular formula is C102H95N15O3. The van der Waals surface area contributed by atoms with Crippen molar-refractivity contribution in [3.8, 4) is 56.2 Å². The third kappa shape index (κ3) is 17.4. The monoisotopic (exact) mass is 1580 g/mol. The van der Waals surface area contributed by atoms with Gasteiger partial charge in [0.1, 0.15) is 0 Å². The van der Waals surface area contributed by atoms with Gasteiger partial charge in [0, 0.05) is 97.2 Å². The first-order valence-corrected chi connectivity index (χ1v) is 40.8. The van der Waals surface area contributed by atoms with Crippen LogP contribution >= 0.6 is 0 Å². The van der Waals surface area contributed by atoms with E-state index < -0.39 is 0 Å². The Hall–Kier alpha value is -14.7. The Morgan fingerprint density at radius 1 is 0.350 bits per heavy atom. The zero-order chi connectivity index (χ0) is 83.3. The summed E-state index contributed by atoms with van der Waals surface area (Å²) in [5.74, 6) is 0.997. The molecule has 12 aromatic carbocycles. The molecule has 3 atom stereocenters. The van der Waals surface area contributed by atoms with E-state index in [0.29, 0.717) is 34.0 Å². The largest absolute Gasteiger partial charge is 0.345 e. The van der Waals surface area contributed by atoms with Gasteiger partial charge < -0.3 is 29.7 Å². The van der Waals surface area contributed by atoms with Crippen molar-refractivity contribution in [1.82, 2.24) is 70.9 Å². The lowest BCUT2D eigenvalue weighted by Crippen LogP contribution is -2.28. The summed E-state index contributed by atoms with van der Waals surface area (Å²) in [6, 6.07) is 97.9. The predicted molar refractivity (Wildman–Crippen MR) is 481 cm³/mol. The second kappa shape index (κ2) is 36.6. The normalized spacial score (nSPS) is 11.9. The van der Waals surface area contributed by atoms with Crippen LogP contribution in [0.4, 0.5) is 5.69 Å². The second-order valence-electron chi connectivity index (χ2n) is 30.4. The van der Waals surface area contributed by atoms with E-state index in [1.54, 1.807) is 0 Å². The molecule has 0 aliphatic carbocycles. The minimum Gasteiger partial charge on any atom is -0.345 e. The van der Waals surface area contributed by atoms with E-state index >= 15 is 0 Å². The number of nitrogens with zero attached hydrogens (tertiary/aromatic N) is 10. The molecule has 5 heterocycles. The number of aromatic amines is 2. The smallest absolute Gasteiger partial charge is 0.251 e. The number of fused-ring (bicyclic) bond motifs is 3. The van der Waals surface area contributed by atoms with Crippen LogP contribution in [-0.2, 0) is 19.6 Å². The fourth-order valence-electron chi connectivity index (χ4n) is 16.2. The predicted octanol–water partition coefficient (Wildman–Crippen LogP) is 22.5. The number of H-pyrrole nitrogens is 2. The summed E-state index contributed by atoms with van der Waals surface area (Å²) >= 11 is 0. The van der Waals surface area contributed by atoms with Gasteiger partial charge in [0.05, 0.1) is 24.7 Å². The summed E-state index contributed by atoms with van der Waals surface area (Å²) in [6.07, 6.45) is 2.48. The number of aryl methyl sites for hydroxylation is 3. The highest BCUT2D eigenvalue weighted by molar-refractivity contribution is 6.02. The molecule has 17 rings (SSSR count). The van der Waals surface area contributed by atoms with Gasteiger partial charge in [-0.25, -0.2) is 4.85 Å². The third-order valence-corrected chi connectivity index (χ3v) is 23.3. The van der Waals surface area contributed by atoms with Crippen LogP contribution < -0.4 is 16.0 Å². The summed E-state index contributed by atoms with van der Waals surface area (Å²) < 4.78 is 6.97. The zero-order valence-corrected chi connectivity index (χ0v) is 68.9. The van der Waals surface area contributed by atoms with Crippen molar-refractivity contribution >= 4 is 56.1 Å². The molecule has 0 fully saturated rings. The number of rotatable bonds is 23. The van der Waals surface area contributed by atoms with Gasteiger partial charge in [-0.05, 0) is 209 Å². The number of hydrogen-bond donors (Lipinski definition) is 5. The molecule has 0 radical (unpaired) electrons. The summed E-state index contributed by atoms with van der Waals surface area (Å²) in [7, 11) is 0. The van der Waals surface area contributed by atoms with Crippen LogP contribution in [0.15, 0.2) is 291 Å². The van der Waals surface area contributed by atoms with E-state index in [9.17, 15) is 14.4 Å². The molecule has 0 aliphatic rings. The maximum Gasteiger partial charge on any atom is 0.251 e. The van der Waals surface area contributed by atoms with Crippen molar-refractivity contribution in [2.45, 2.75) is 119 Å². The topological polar surface area (TPSA) is 215 Å². The number of tetrazole rings is 2.